The number of piperidine rings is 1. The van der Waals surface area contributed by atoms with Gasteiger partial charge in [0, 0.05) is 6.54 Å². The number of anilines is 1. The van der Waals surface area contributed by atoms with E-state index in [4.69, 9.17) is 15.2 Å². The van der Waals surface area contributed by atoms with Gasteiger partial charge in [0.1, 0.15) is 23.3 Å². The monoisotopic (exact) mass is 293 g/mol. The van der Waals surface area contributed by atoms with Crippen LogP contribution in [0.3, 0.4) is 0 Å². The molecular formula is C15H23N3O3. The molecule has 6 nitrogen and oxygen atoms in total. The molecule has 116 valence electrons. The molecule has 1 saturated heterocycles. The molecule has 0 radical (unpaired) electrons. The summed E-state index contributed by atoms with van der Waals surface area (Å²) in [5, 5.41) is 0. The summed E-state index contributed by atoms with van der Waals surface area (Å²) in [6.07, 6.45) is 3.07. The van der Waals surface area contributed by atoms with E-state index in [0.717, 1.165) is 12.8 Å². The van der Waals surface area contributed by atoms with Crippen LogP contribution < -0.4 is 10.5 Å². The Morgan fingerprint density at radius 1 is 1.43 bits per heavy atom. The van der Waals surface area contributed by atoms with Gasteiger partial charge in [-0.1, -0.05) is 0 Å². The lowest BCUT2D eigenvalue weighted by molar-refractivity contribution is 0.00773. The average molecular weight is 293 g/mol. The third-order valence-corrected chi connectivity index (χ3v) is 3.09. The van der Waals surface area contributed by atoms with Crippen molar-refractivity contribution in [2.75, 3.05) is 18.8 Å². The van der Waals surface area contributed by atoms with Crippen LogP contribution in [0.1, 0.15) is 33.6 Å². The van der Waals surface area contributed by atoms with E-state index in [1.165, 1.54) is 0 Å². The van der Waals surface area contributed by atoms with Crippen LogP contribution in [0.15, 0.2) is 18.3 Å². The Morgan fingerprint density at radius 2 is 2.19 bits per heavy atom. The highest BCUT2D eigenvalue weighted by Gasteiger charge is 2.28. The minimum atomic E-state index is -0.480. The summed E-state index contributed by atoms with van der Waals surface area (Å²) in [5.41, 5.74) is 5.06. The van der Waals surface area contributed by atoms with Gasteiger partial charge in [0.15, 0.2) is 0 Å². The summed E-state index contributed by atoms with van der Waals surface area (Å²) in [6.45, 7) is 6.82. The van der Waals surface area contributed by atoms with E-state index >= 15 is 0 Å². The minimum Gasteiger partial charge on any atom is -0.487 e. The number of pyridine rings is 1. The Kier molecular flexibility index (Phi) is 4.55. The molecule has 0 aromatic carbocycles. The molecule has 1 aliphatic heterocycles. The highest BCUT2D eigenvalue weighted by molar-refractivity contribution is 5.68. The van der Waals surface area contributed by atoms with Crippen molar-refractivity contribution in [2.24, 2.45) is 0 Å². The second kappa shape index (κ2) is 6.20. The summed E-state index contributed by atoms with van der Waals surface area (Å²) in [5.74, 6) is 1.13. The molecule has 2 rings (SSSR count). The molecule has 0 spiro atoms. The van der Waals surface area contributed by atoms with Crippen LogP contribution in [0.2, 0.25) is 0 Å². The van der Waals surface area contributed by atoms with E-state index in [1.807, 2.05) is 20.8 Å². The smallest absolute Gasteiger partial charge is 0.410 e. The zero-order chi connectivity index (χ0) is 15.5. The highest BCUT2D eigenvalue weighted by Crippen LogP contribution is 2.20. The molecule has 2 heterocycles. The third kappa shape index (κ3) is 4.81. The average Bonchev–Trinajstić information content (AvgIpc) is 2.40. The first-order valence-corrected chi connectivity index (χ1v) is 7.19. The Morgan fingerprint density at radius 3 is 2.81 bits per heavy atom. The number of nitrogens with zero attached hydrogens (tertiary/aromatic N) is 2. The number of amides is 1. The van der Waals surface area contributed by atoms with Gasteiger partial charge in [-0.05, 0) is 45.7 Å². The lowest BCUT2D eigenvalue weighted by atomic mass is 10.1. The number of nitrogen functional groups attached to an aromatic ring is 1. The first-order chi connectivity index (χ1) is 9.83. The maximum Gasteiger partial charge on any atom is 0.410 e. The van der Waals surface area contributed by atoms with Crippen molar-refractivity contribution in [1.29, 1.82) is 0 Å². The van der Waals surface area contributed by atoms with E-state index in [1.54, 1.807) is 23.2 Å². The lowest BCUT2D eigenvalue weighted by Gasteiger charge is -2.34. The maximum absolute atomic E-state index is 12.1. The van der Waals surface area contributed by atoms with E-state index in [9.17, 15) is 4.79 Å². The van der Waals surface area contributed by atoms with Gasteiger partial charge in [0.25, 0.3) is 0 Å². The highest BCUT2D eigenvalue weighted by atomic mass is 16.6. The van der Waals surface area contributed by atoms with Crippen LogP contribution in [0, 0.1) is 0 Å². The fourth-order valence-electron chi connectivity index (χ4n) is 2.18. The van der Waals surface area contributed by atoms with Crippen molar-refractivity contribution in [3.63, 3.8) is 0 Å². The van der Waals surface area contributed by atoms with Crippen molar-refractivity contribution in [1.82, 2.24) is 9.88 Å². The molecule has 1 aliphatic rings. The first kappa shape index (κ1) is 15.4. The molecule has 2 N–H and O–H groups in total. The van der Waals surface area contributed by atoms with E-state index in [2.05, 4.69) is 4.98 Å². The number of ether oxygens (including phenoxy) is 2. The van der Waals surface area contributed by atoms with Crippen LogP contribution in [-0.4, -0.2) is 40.8 Å². The SMILES string of the molecule is CC(C)(C)OC(=O)N1CCC[C@@H](Oc2ccc(N)nc2)C1. The molecule has 21 heavy (non-hydrogen) atoms. The Balaban J connectivity index is 1.91. The fraction of sp³-hybridized carbons (Fsp3) is 0.600. The molecule has 1 amide bonds. The predicted molar refractivity (Wildman–Crippen MR) is 80.1 cm³/mol. The Hall–Kier alpha value is -1.98. The number of hydrogen-bond donors (Lipinski definition) is 1. The van der Waals surface area contributed by atoms with Crippen LogP contribution in [0.25, 0.3) is 0 Å². The minimum absolute atomic E-state index is 0.0447. The summed E-state index contributed by atoms with van der Waals surface area (Å²) in [7, 11) is 0. The third-order valence-electron chi connectivity index (χ3n) is 3.09. The molecule has 1 fully saturated rings. The number of aromatic nitrogens is 1. The van der Waals surface area contributed by atoms with Gasteiger partial charge in [-0.25, -0.2) is 9.78 Å². The van der Waals surface area contributed by atoms with Gasteiger partial charge in [-0.2, -0.15) is 0 Å². The number of rotatable bonds is 2. The second-order valence-corrected chi connectivity index (χ2v) is 6.23. The number of carbonyl (C=O) groups is 1. The molecule has 0 saturated carbocycles. The zero-order valence-corrected chi connectivity index (χ0v) is 12.8. The van der Waals surface area contributed by atoms with Gasteiger partial charge in [-0.15, -0.1) is 0 Å². The standard InChI is InChI=1S/C15H23N3O3/c1-15(2,3)21-14(19)18-8-4-5-12(10-18)20-11-6-7-13(16)17-9-11/h6-7,9,12H,4-5,8,10H2,1-3H3,(H2,16,17)/t12-/m1/s1. The molecule has 6 heteroatoms. The maximum atomic E-state index is 12.1. The molecule has 0 unspecified atom stereocenters. The van der Waals surface area contributed by atoms with Gasteiger partial charge < -0.3 is 20.1 Å². The molecule has 1 aromatic rings. The van der Waals surface area contributed by atoms with Gasteiger partial charge in [0.05, 0.1) is 12.7 Å². The quantitative estimate of drug-likeness (QED) is 0.906. The number of hydrogen-bond acceptors (Lipinski definition) is 5. The Labute approximate surface area is 125 Å². The second-order valence-electron chi connectivity index (χ2n) is 6.23. The first-order valence-electron chi connectivity index (χ1n) is 7.19. The molecule has 1 atom stereocenters. The normalized spacial score (nSPS) is 19.2. The lowest BCUT2D eigenvalue weighted by Crippen LogP contribution is -2.46. The van der Waals surface area contributed by atoms with Gasteiger partial charge in [0.2, 0.25) is 0 Å². The number of likely N-dealkylation sites (tertiary alicyclic amines) is 1. The van der Waals surface area contributed by atoms with Crippen molar-refractivity contribution in [3.05, 3.63) is 18.3 Å². The van der Waals surface area contributed by atoms with E-state index in [-0.39, 0.29) is 12.2 Å². The number of nitrogens with two attached hydrogens (primary N) is 1. The van der Waals surface area contributed by atoms with Gasteiger partial charge in [-0.3, -0.25) is 0 Å². The molecular weight excluding hydrogens is 270 g/mol. The topological polar surface area (TPSA) is 77.7 Å². The van der Waals surface area contributed by atoms with Crippen LogP contribution in [0.4, 0.5) is 10.6 Å². The van der Waals surface area contributed by atoms with Crippen molar-refractivity contribution >= 4 is 11.9 Å². The summed E-state index contributed by atoms with van der Waals surface area (Å²) in [4.78, 5) is 17.8. The van der Waals surface area contributed by atoms with E-state index in [0.29, 0.717) is 24.7 Å². The zero-order valence-electron chi connectivity index (χ0n) is 12.8. The predicted octanol–water partition coefficient (Wildman–Crippen LogP) is 2.44. The van der Waals surface area contributed by atoms with Crippen LogP contribution in [0.5, 0.6) is 5.75 Å². The fourth-order valence-corrected chi connectivity index (χ4v) is 2.18. The number of carbonyl (C=O) groups excluding carboxylic acids is 1. The van der Waals surface area contributed by atoms with Crippen molar-refractivity contribution in [2.45, 2.75) is 45.3 Å². The van der Waals surface area contributed by atoms with Gasteiger partial charge >= 0.3 is 6.09 Å². The van der Waals surface area contributed by atoms with Crippen LogP contribution >= 0.6 is 0 Å². The van der Waals surface area contributed by atoms with Crippen molar-refractivity contribution in [3.8, 4) is 5.75 Å². The summed E-state index contributed by atoms with van der Waals surface area (Å²) >= 11 is 0. The summed E-state index contributed by atoms with van der Waals surface area (Å²) < 4.78 is 11.2. The summed E-state index contributed by atoms with van der Waals surface area (Å²) in [6, 6.07) is 3.48. The molecule has 1 aromatic heterocycles. The van der Waals surface area contributed by atoms with Crippen LogP contribution in [-0.2, 0) is 4.74 Å². The molecule has 0 bridgehead atoms. The van der Waals surface area contributed by atoms with Crippen molar-refractivity contribution < 1.29 is 14.3 Å². The Bertz CT molecular complexity index is 482. The van der Waals surface area contributed by atoms with E-state index < -0.39 is 5.60 Å². The largest absolute Gasteiger partial charge is 0.487 e. The molecule has 0 aliphatic carbocycles.